The molecule has 2 heteroatoms. The van der Waals surface area contributed by atoms with Crippen LogP contribution in [0.25, 0.3) is 0 Å². The van der Waals surface area contributed by atoms with E-state index in [4.69, 9.17) is 0 Å². The van der Waals surface area contributed by atoms with Crippen LogP contribution in [0.15, 0.2) is 12.4 Å². The van der Waals surface area contributed by atoms with Crippen LogP contribution < -0.4 is 0 Å². The van der Waals surface area contributed by atoms with Crippen molar-refractivity contribution >= 4 is 0 Å². The van der Waals surface area contributed by atoms with Gasteiger partial charge in [-0.1, -0.05) is 20.3 Å². The first kappa shape index (κ1) is 9.17. The molecule has 1 heterocycles. The average Bonchev–Trinajstić information content (AvgIpc) is 2.09. The number of hydrogen-bond acceptors (Lipinski definition) is 2. The Morgan fingerprint density at radius 2 is 2.00 bits per heavy atom. The molecular formula is C10H16N2. The van der Waals surface area contributed by atoms with Crippen LogP contribution in [0.3, 0.4) is 0 Å². The minimum absolute atomic E-state index is 0.709. The zero-order valence-corrected chi connectivity index (χ0v) is 8.04. The summed E-state index contributed by atoms with van der Waals surface area (Å²) >= 11 is 0. The third-order valence-corrected chi connectivity index (χ3v) is 2.22. The van der Waals surface area contributed by atoms with E-state index in [1.807, 2.05) is 6.92 Å². The van der Waals surface area contributed by atoms with Gasteiger partial charge >= 0.3 is 0 Å². The lowest BCUT2D eigenvalue weighted by Gasteiger charge is -2.08. The molecule has 0 saturated carbocycles. The first-order chi connectivity index (χ1) is 5.74. The average molecular weight is 164 g/mol. The summed E-state index contributed by atoms with van der Waals surface area (Å²) in [5, 5.41) is 0. The normalized spacial score (nSPS) is 12.9. The highest BCUT2D eigenvalue weighted by atomic mass is 14.8. The molecule has 66 valence electrons. The molecule has 0 spiro atoms. The summed E-state index contributed by atoms with van der Waals surface area (Å²) in [7, 11) is 0. The predicted octanol–water partition coefficient (Wildman–Crippen LogP) is 2.37. The van der Waals surface area contributed by atoms with E-state index in [1.54, 1.807) is 12.4 Å². The van der Waals surface area contributed by atoms with Crippen molar-refractivity contribution in [2.24, 2.45) is 5.92 Å². The molecule has 0 N–H and O–H groups in total. The zero-order chi connectivity index (χ0) is 8.97. The van der Waals surface area contributed by atoms with E-state index >= 15 is 0 Å². The standard InChI is InChI=1S/C10H16N2/c1-4-8(2)7-10-9(3)11-5-6-12-10/h5-6,8H,4,7H2,1-3H3/t8-/m1/s1. The van der Waals surface area contributed by atoms with Gasteiger partial charge in [-0.3, -0.25) is 9.97 Å². The van der Waals surface area contributed by atoms with Crippen LogP contribution in [-0.4, -0.2) is 9.97 Å². The molecule has 0 aromatic carbocycles. The minimum Gasteiger partial charge on any atom is -0.258 e. The summed E-state index contributed by atoms with van der Waals surface area (Å²) in [6.07, 6.45) is 5.77. The van der Waals surface area contributed by atoms with Gasteiger partial charge in [0.15, 0.2) is 0 Å². The molecule has 0 amide bonds. The Morgan fingerprint density at radius 1 is 1.33 bits per heavy atom. The highest BCUT2D eigenvalue weighted by Gasteiger charge is 2.04. The number of hydrogen-bond donors (Lipinski definition) is 0. The number of aromatic nitrogens is 2. The fourth-order valence-electron chi connectivity index (χ4n) is 1.11. The Hall–Kier alpha value is -0.920. The van der Waals surface area contributed by atoms with Gasteiger partial charge in [0.25, 0.3) is 0 Å². The van der Waals surface area contributed by atoms with E-state index in [9.17, 15) is 0 Å². The number of nitrogens with zero attached hydrogens (tertiary/aromatic N) is 2. The molecule has 1 aromatic heterocycles. The van der Waals surface area contributed by atoms with Crippen LogP contribution in [-0.2, 0) is 6.42 Å². The third-order valence-electron chi connectivity index (χ3n) is 2.22. The Morgan fingerprint density at radius 3 is 2.58 bits per heavy atom. The van der Waals surface area contributed by atoms with E-state index in [2.05, 4.69) is 23.8 Å². The van der Waals surface area contributed by atoms with Crippen LogP contribution in [0.1, 0.15) is 31.7 Å². The molecule has 0 unspecified atom stereocenters. The fourth-order valence-corrected chi connectivity index (χ4v) is 1.11. The summed E-state index contributed by atoms with van der Waals surface area (Å²) in [5.74, 6) is 0.709. The lowest BCUT2D eigenvalue weighted by atomic mass is 10.0. The summed E-state index contributed by atoms with van der Waals surface area (Å²) < 4.78 is 0. The second-order valence-corrected chi connectivity index (χ2v) is 3.31. The maximum atomic E-state index is 4.30. The summed E-state index contributed by atoms with van der Waals surface area (Å²) in [6, 6.07) is 0. The van der Waals surface area contributed by atoms with Crippen LogP contribution in [0.4, 0.5) is 0 Å². The first-order valence-electron chi connectivity index (χ1n) is 4.50. The quantitative estimate of drug-likeness (QED) is 0.685. The van der Waals surface area contributed by atoms with Gasteiger partial charge in [0.05, 0.1) is 11.4 Å². The summed E-state index contributed by atoms with van der Waals surface area (Å²) in [5.41, 5.74) is 2.21. The Kier molecular flexibility index (Phi) is 3.20. The molecule has 0 radical (unpaired) electrons. The van der Waals surface area contributed by atoms with Gasteiger partial charge < -0.3 is 0 Å². The molecular weight excluding hydrogens is 148 g/mol. The first-order valence-corrected chi connectivity index (χ1v) is 4.50. The molecule has 2 nitrogen and oxygen atoms in total. The molecule has 1 aromatic rings. The van der Waals surface area contributed by atoms with Crippen LogP contribution in [0.5, 0.6) is 0 Å². The van der Waals surface area contributed by atoms with Gasteiger partial charge in [-0.2, -0.15) is 0 Å². The Balaban J connectivity index is 2.69. The van der Waals surface area contributed by atoms with E-state index < -0.39 is 0 Å². The molecule has 0 aliphatic rings. The maximum absolute atomic E-state index is 4.30. The fraction of sp³-hybridized carbons (Fsp3) is 0.600. The topological polar surface area (TPSA) is 25.8 Å². The van der Waals surface area contributed by atoms with Gasteiger partial charge in [0, 0.05) is 12.4 Å². The van der Waals surface area contributed by atoms with Crippen LogP contribution in [0.2, 0.25) is 0 Å². The van der Waals surface area contributed by atoms with Gasteiger partial charge in [0.2, 0.25) is 0 Å². The molecule has 0 bridgehead atoms. The van der Waals surface area contributed by atoms with E-state index in [-0.39, 0.29) is 0 Å². The third kappa shape index (κ3) is 2.29. The predicted molar refractivity (Wildman–Crippen MR) is 49.9 cm³/mol. The monoisotopic (exact) mass is 164 g/mol. The smallest absolute Gasteiger partial charge is 0.0618 e. The van der Waals surface area contributed by atoms with Gasteiger partial charge in [-0.25, -0.2) is 0 Å². The lowest BCUT2D eigenvalue weighted by molar-refractivity contribution is 0.549. The van der Waals surface area contributed by atoms with Crippen molar-refractivity contribution in [2.45, 2.75) is 33.6 Å². The highest BCUT2D eigenvalue weighted by molar-refractivity contribution is 5.08. The van der Waals surface area contributed by atoms with Crippen LogP contribution >= 0.6 is 0 Å². The maximum Gasteiger partial charge on any atom is 0.0618 e. The number of aryl methyl sites for hydroxylation is 1. The molecule has 0 saturated heterocycles. The lowest BCUT2D eigenvalue weighted by Crippen LogP contribution is -2.03. The van der Waals surface area contributed by atoms with E-state index in [0.29, 0.717) is 5.92 Å². The molecule has 1 rings (SSSR count). The Bertz CT molecular complexity index is 245. The largest absolute Gasteiger partial charge is 0.258 e. The minimum atomic E-state index is 0.709. The van der Waals surface area contributed by atoms with Crippen molar-refractivity contribution in [2.75, 3.05) is 0 Å². The van der Waals surface area contributed by atoms with Gasteiger partial charge in [-0.15, -0.1) is 0 Å². The van der Waals surface area contributed by atoms with Crippen molar-refractivity contribution in [1.82, 2.24) is 9.97 Å². The van der Waals surface area contributed by atoms with Crippen molar-refractivity contribution in [3.63, 3.8) is 0 Å². The van der Waals surface area contributed by atoms with Crippen molar-refractivity contribution in [3.8, 4) is 0 Å². The molecule has 0 fully saturated rings. The number of rotatable bonds is 3. The molecule has 0 aliphatic heterocycles. The van der Waals surface area contributed by atoms with E-state index in [0.717, 1.165) is 17.8 Å². The van der Waals surface area contributed by atoms with Crippen molar-refractivity contribution in [1.29, 1.82) is 0 Å². The molecule has 12 heavy (non-hydrogen) atoms. The second-order valence-electron chi connectivity index (χ2n) is 3.31. The van der Waals surface area contributed by atoms with Crippen molar-refractivity contribution < 1.29 is 0 Å². The zero-order valence-electron chi connectivity index (χ0n) is 8.04. The van der Waals surface area contributed by atoms with Gasteiger partial charge in [-0.05, 0) is 19.3 Å². The molecule has 1 atom stereocenters. The second kappa shape index (κ2) is 4.19. The summed E-state index contributed by atoms with van der Waals surface area (Å²) in [4.78, 5) is 8.51. The van der Waals surface area contributed by atoms with Crippen molar-refractivity contribution in [3.05, 3.63) is 23.8 Å². The summed E-state index contributed by atoms with van der Waals surface area (Å²) in [6.45, 7) is 6.47. The van der Waals surface area contributed by atoms with E-state index in [1.165, 1.54) is 6.42 Å². The van der Waals surface area contributed by atoms with Gasteiger partial charge in [0.1, 0.15) is 0 Å². The van der Waals surface area contributed by atoms with Crippen LogP contribution in [0, 0.1) is 12.8 Å². The molecule has 0 aliphatic carbocycles. The SMILES string of the molecule is CC[C@@H](C)Cc1nccnc1C. The Labute approximate surface area is 74.1 Å². The highest BCUT2D eigenvalue weighted by Crippen LogP contribution is 2.10.